The van der Waals surface area contributed by atoms with E-state index in [0.29, 0.717) is 6.04 Å². The van der Waals surface area contributed by atoms with Crippen LogP contribution in [0.4, 0.5) is 0 Å². The zero-order chi connectivity index (χ0) is 8.69. The van der Waals surface area contributed by atoms with Crippen molar-refractivity contribution in [2.45, 2.75) is 39.7 Å². The molecule has 0 saturated carbocycles. The van der Waals surface area contributed by atoms with Gasteiger partial charge in [-0.25, -0.2) is 0 Å². The molecule has 64 valence electrons. The summed E-state index contributed by atoms with van der Waals surface area (Å²) in [7, 11) is 0. The van der Waals surface area contributed by atoms with E-state index in [4.69, 9.17) is 0 Å². The van der Waals surface area contributed by atoms with Crippen molar-refractivity contribution in [1.82, 2.24) is 5.43 Å². The monoisotopic (exact) mass is 155 g/mol. The highest BCUT2D eigenvalue weighted by molar-refractivity contribution is 5.81. The fraction of sp³-hybridized carbons (Fsp3) is 0.750. The zero-order valence-electron chi connectivity index (χ0n) is 7.59. The standard InChI is InChI=1S/C8H17N3/c1-5-7(3)10-8(6-2)11-9-4/h7H,4-6H2,1-3H3,(H,10,11). The minimum Gasteiger partial charge on any atom is -0.268 e. The lowest BCUT2D eigenvalue weighted by molar-refractivity contribution is 0.706. The number of amidine groups is 1. The topological polar surface area (TPSA) is 36.8 Å². The predicted octanol–water partition coefficient (Wildman–Crippen LogP) is 1.80. The lowest BCUT2D eigenvalue weighted by Crippen LogP contribution is -2.18. The van der Waals surface area contributed by atoms with Crippen molar-refractivity contribution in [3.05, 3.63) is 0 Å². The van der Waals surface area contributed by atoms with Gasteiger partial charge in [-0.3, -0.25) is 10.4 Å². The van der Waals surface area contributed by atoms with Crippen molar-refractivity contribution < 1.29 is 0 Å². The molecule has 0 bridgehead atoms. The Balaban J connectivity index is 3.98. The SMILES string of the molecule is C=NN/C(CC)=N\C(C)CC. The third-order valence-electron chi connectivity index (χ3n) is 1.51. The van der Waals surface area contributed by atoms with Crippen LogP contribution in [0.25, 0.3) is 0 Å². The van der Waals surface area contributed by atoms with Crippen LogP contribution >= 0.6 is 0 Å². The molecule has 0 aromatic rings. The van der Waals surface area contributed by atoms with Crippen molar-refractivity contribution >= 4 is 12.6 Å². The molecule has 1 atom stereocenters. The highest BCUT2D eigenvalue weighted by Gasteiger charge is 1.96. The highest BCUT2D eigenvalue weighted by Crippen LogP contribution is 1.96. The van der Waals surface area contributed by atoms with Crippen molar-refractivity contribution in [2.75, 3.05) is 0 Å². The average Bonchev–Trinajstić information content (AvgIpc) is 2.03. The van der Waals surface area contributed by atoms with E-state index in [1.54, 1.807) is 0 Å². The first-order chi connectivity index (χ1) is 5.24. The molecule has 0 rings (SSSR count). The largest absolute Gasteiger partial charge is 0.268 e. The predicted molar refractivity (Wildman–Crippen MR) is 50.2 cm³/mol. The van der Waals surface area contributed by atoms with Crippen LogP contribution in [0.5, 0.6) is 0 Å². The van der Waals surface area contributed by atoms with Crippen LogP contribution in [0, 0.1) is 0 Å². The smallest absolute Gasteiger partial charge is 0.117 e. The second-order valence-electron chi connectivity index (χ2n) is 2.46. The molecule has 0 amide bonds. The minimum absolute atomic E-state index is 0.374. The van der Waals surface area contributed by atoms with Gasteiger partial charge >= 0.3 is 0 Å². The Morgan fingerprint density at radius 3 is 2.55 bits per heavy atom. The molecule has 0 aliphatic rings. The van der Waals surface area contributed by atoms with Gasteiger partial charge in [-0.2, -0.15) is 5.10 Å². The molecule has 1 N–H and O–H groups in total. The number of nitrogens with zero attached hydrogens (tertiary/aromatic N) is 2. The van der Waals surface area contributed by atoms with Crippen LogP contribution in [0.3, 0.4) is 0 Å². The Kier molecular flexibility index (Phi) is 5.43. The van der Waals surface area contributed by atoms with E-state index < -0.39 is 0 Å². The summed E-state index contributed by atoms with van der Waals surface area (Å²) in [5.41, 5.74) is 2.76. The van der Waals surface area contributed by atoms with E-state index >= 15 is 0 Å². The molecule has 0 aliphatic carbocycles. The van der Waals surface area contributed by atoms with Crippen molar-refractivity contribution in [3.8, 4) is 0 Å². The second kappa shape index (κ2) is 5.89. The molecule has 11 heavy (non-hydrogen) atoms. The first-order valence-corrected chi connectivity index (χ1v) is 4.03. The van der Waals surface area contributed by atoms with Crippen LogP contribution in [0.1, 0.15) is 33.6 Å². The van der Waals surface area contributed by atoms with Crippen LogP contribution in [-0.4, -0.2) is 18.6 Å². The van der Waals surface area contributed by atoms with Crippen molar-refractivity contribution in [3.63, 3.8) is 0 Å². The quantitative estimate of drug-likeness (QED) is 0.375. The number of rotatable bonds is 4. The van der Waals surface area contributed by atoms with E-state index in [1.165, 1.54) is 0 Å². The van der Waals surface area contributed by atoms with Gasteiger partial charge < -0.3 is 0 Å². The summed E-state index contributed by atoms with van der Waals surface area (Å²) in [4.78, 5) is 4.38. The average molecular weight is 155 g/mol. The lowest BCUT2D eigenvalue weighted by atomic mass is 10.3. The highest BCUT2D eigenvalue weighted by atomic mass is 15.3. The molecule has 1 unspecified atom stereocenters. The Morgan fingerprint density at radius 2 is 2.18 bits per heavy atom. The van der Waals surface area contributed by atoms with Gasteiger partial charge in [0.05, 0.1) is 0 Å². The maximum absolute atomic E-state index is 4.38. The number of hydrogen-bond donors (Lipinski definition) is 1. The summed E-state index contributed by atoms with van der Waals surface area (Å²) in [5.74, 6) is 0.911. The van der Waals surface area contributed by atoms with E-state index in [0.717, 1.165) is 18.7 Å². The zero-order valence-corrected chi connectivity index (χ0v) is 7.59. The Hall–Kier alpha value is -0.860. The number of aliphatic imine (C=N–C) groups is 1. The third-order valence-corrected chi connectivity index (χ3v) is 1.51. The lowest BCUT2D eigenvalue weighted by Gasteiger charge is -2.05. The normalized spacial score (nSPS) is 14.3. The summed E-state index contributed by atoms with van der Waals surface area (Å²) >= 11 is 0. The van der Waals surface area contributed by atoms with E-state index in [1.807, 2.05) is 6.92 Å². The molecule has 0 aromatic carbocycles. The Bertz CT molecular complexity index is 140. The summed E-state index contributed by atoms with van der Waals surface area (Å²) in [6.45, 7) is 9.58. The molecule has 3 nitrogen and oxygen atoms in total. The third kappa shape index (κ3) is 4.53. The molecular formula is C8H17N3. The summed E-state index contributed by atoms with van der Waals surface area (Å²) in [6.07, 6.45) is 1.94. The second-order valence-corrected chi connectivity index (χ2v) is 2.46. The molecular weight excluding hydrogens is 138 g/mol. The van der Waals surface area contributed by atoms with Gasteiger partial charge in [0.1, 0.15) is 5.84 Å². The van der Waals surface area contributed by atoms with Gasteiger partial charge in [0.2, 0.25) is 0 Å². The fourth-order valence-electron chi connectivity index (χ4n) is 0.648. The van der Waals surface area contributed by atoms with Crippen LogP contribution in [-0.2, 0) is 0 Å². The van der Waals surface area contributed by atoms with E-state index in [-0.39, 0.29) is 0 Å². The fourth-order valence-corrected chi connectivity index (χ4v) is 0.648. The molecule has 0 fully saturated rings. The van der Waals surface area contributed by atoms with Gasteiger partial charge in [-0.05, 0) is 13.3 Å². The van der Waals surface area contributed by atoms with Crippen molar-refractivity contribution in [1.29, 1.82) is 0 Å². The van der Waals surface area contributed by atoms with E-state index in [2.05, 4.69) is 36.1 Å². The van der Waals surface area contributed by atoms with Gasteiger partial charge in [0.25, 0.3) is 0 Å². The minimum atomic E-state index is 0.374. The van der Waals surface area contributed by atoms with Gasteiger partial charge in [0, 0.05) is 19.2 Å². The Morgan fingerprint density at radius 1 is 1.55 bits per heavy atom. The molecule has 0 aromatic heterocycles. The molecule has 0 spiro atoms. The van der Waals surface area contributed by atoms with E-state index in [9.17, 15) is 0 Å². The van der Waals surface area contributed by atoms with Crippen LogP contribution in [0.15, 0.2) is 10.1 Å². The van der Waals surface area contributed by atoms with Gasteiger partial charge in [0.15, 0.2) is 0 Å². The first-order valence-electron chi connectivity index (χ1n) is 4.03. The van der Waals surface area contributed by atoms with Crippen LogP contribution < -0.4 is 5.43 Å². The first kappa shape index (κ1) is 10.1. The molecule has 0 saturated heterocycles. The summed E-state index contributed by atoms with van der Waals surface area (Å²) in [6, 6.07) is 0.374. The molecule has 3 heteroatoms. The van der Waals surface area contributed by atoms with Gasteiger partial charge in [-0.1, -0.05) is 13.8 Å². The maximum atomic E-state index is 4.38. The maximum Gasteiger partial charge on any atom is 0.117 e. The van der Waals surface area contributed by atoms with Crippen LogP contribution in [0.2, 0.25) is 0 Å². The van der Waals surface area contributed by atoms with Gasteiger partial charge in [-0.15, -0.1) is 0 Å². The molecule has 0 radical (unpaired) electrons. The molecule has 0 aliphatic heterocycles. The molecule has 0 heterocycles. The van der Waals surface area contributed by atoms with Crippen molar-refractivity contribution in [2.24, 2.45) is 10.1 Å². The number of hydrogen-bond acceptors (Lipinski definition) is 2. The summed E-state index contributed by atoms with van der Waals surface area (Å²) in [5, 5.41) is 3.56. The number of nitrogens with one attached hydrogen (secondary N) is 1. The number of hydrazone groups is 1. The Labute approximate surface area is 68.6 Å². The summed E-state index contributed by atoms with van der Waals surface area (Å²) < 4.78 is 0.